The smallest absolute Gasteiger partial charge is 0.128 e. The van der Waals surface area contributed by atoms with Crippen LogP contribution in [0.2, 0.25) is 0 Å². The van der Waals surface area contributed by atoms with Gasteiger partial charge in [0.1, 0.15) is 5.82 Å². The number of nitrogens with one attached hydrogen (secondary N) is 1. The molecule has 1 unspecified atom stereocenters. The lowest BCUT2D eigenvalue weighted by Gasteiger charge is -2.35. The third kappa shape index (κ3) is 1.69. The van der Waals surface area contributed by atoms with Crippen LogP contribution >= 0.6 is 0 Å². The van der Waals surface area contributed by atoms with E-state index in [-0.39, 0.29) is 5.54 Å². The second-order valence-corrected chi connectivity index (χ2v) is 5.10. The van der Waals surface area contributed by atoms with Crippen LogP contribution in [0.25, 0.3) is 0 Å². The molecule has 1 aliphatic heterocycles. The fourth-order valence-corrected chi connectivity index (χ4v) is 2.74. The summed E-state index contributed by atoms with van der Waals surface area (Å²) in [6.45, 7) is 7.64. The van der Waals surface area contributed by atoms with Gasteiger partial charge >= 0.3 is 0 Å². The van der Waals surface area contributed by atoms with E-state index >= 15 is 0 Å². The van der Waals surface area contributed by atoms with Gasteiger partial charge in [0.2, 0.25) is 0 Å². The van der Waals surface area contributed by atoms with Crippen LogP contribution in [0.1, 0.15) is 37.8 Å². The summed E-state index contributed by atoms with van der Waals surface area (Å²) in [6, 6.07) is 2.18. The molecule has 1 fully saturated rings. The van der Waals surface area contributed by atoms with Crippen LogP contribution in [-0.4, -0.2) is 11.5 Å². The maximum absolute atomic E-state index is 6.04. The number of hydrogen-bond acceptors (Lipinski definition) is 3. The second-order valence-electron chi connectivity index (χ2n) is 5.10. The summed E-state index contributed by atoms with van der Waals surface area (Å²) >= 11 is 0. The van der Waals surface area contributed by atoms with Crippen LogP contribution in [0.4, 0.5) is 5.82 Å². The normalized spacial score (nSPS) is 25.2. The molecule has 3 nitrogen and oxygen atoms in total. The van der Waals surface area contributed by atoms with E-state index in [0.29, 0.717) is 11.7 Å². The van der Waals surface area contributed by atoms with E-state index in [9.17, 15) is 0 Å². The largest absolute Gasteiger partial charge is 0.383 e. The fourth-order valence-electron chi connectivity index (χ4n) is 2.74. The Morgan fingerprint density at radius 3 is 2.81 bits per heavy atom. The Balaban J connectivity index is 2.50. The van der Waals surface area contributed by atoms with Crippen LogP contribution in [0.5, 0.6) is 0 Å². The molecule has 1 aromatic heterocycles. The molecule has 0 aliphatic carbocycles. The highest BCUT2D eigenvalue weighted by Crippen LogP contribution is 2.39. The number of pyridine rings is 1. The molecule has 1 saturated heterocycles. The Morgan fingerprint density at radius 2 is 2.25 bits per heavy atom. The van der Waals surface area contributed by atoms with E-state index in [2.05, 4.69) is 37.1 Å². The molecule has 1 atom stereocenters. The second kappa shape index (κ2) is 4.06. The number of nitrogens with two attached hydrogens (primary N) is 1. The van der Waals surface area contributed by atoms with Crippen molar-refractivity contribution in [2.24, 2.45) is 5.92 Å². The Bertz CT molecular complexity index is 379. The molecule has 1 aromatic rings. The van der Waals surface area contributed by atoms with Crippen molar-refractivity contribution >= 4 is 5.82 Å². The van der Waals surface area contributed by atoms with Crippen LogP contribution in [0.15, 0.2) is 12.3 Å². The zero-order valence-electron chi connectivity index (χ0n) is 10.4. The van der Waals surface area contributed by atoms with Gasteiger partial charge in [-0.2, -0.15) is 0 Å². The van der Waals surface area contributed by atoms with Crippen LogP contribution in [-0.2, 0) is 5.54 Å². The van der Waals surface area contributed by atoms with E-state index in [1.165, 1.54) is 17.5 Å². The highest BCUT2D eigenvalue weighted by atomic mass is 15.0. The highest BCUT2D eigenvalue weighted by Gasteiger charge is 2.39. The lowest BCUT2D eigenvalue weighted by Crippen LogP contribution is -2.42. The van der Waals surface area contributed by atoms with E-state index in [4.69, 9.17) is 5.73 Å². The first-order chi connectivity index (χ1) is 7.56. The van der Waals surface area contributed by atoms with E-state index in [0.717, 1.165) is 13.0 Å². The van der Waals surface area contributed by atoms with Crippen molar-refractivity contribution in [1.82, 2.24) is 10.3 Å². The summed E-state index contributed by atoms with van der Waals surface area (Å²) in [6.07, 6.45) is 4.20. The van der Waals surface area contributed by atoms with Crippen LogP contribution in [0, 0.1) is 12.8 Å². The number of aromatic nitrogens is 1. The van der Waals surface area contributed by atoms with Crippen molar-refractivity contribution in [3.05, 3.63) is 23.4 Å². The van der Waals surface area contributed by atoms with Gasteiger partial charge in [0, 0.05) is 17.3 Å². The zero-order valence-corrected chi connectivity index (χ0v) is 10.4. The van der Waals surface area contributed by atoms with Gasteiger partial charge in [-0.25, -0.2) is 4.98 Å². The molecule has 0 amide bonds. The maximum Gasteiger partial charge on any atom is 0.128 e. The molecule has 0 radical (unpaired) electrons. The highest BCUT2D eigenvalue weighted by molar-refractivity contribution is 5.46. The zero-order chi connectivity index (χ0) is 11.8. The van der Waals surface area contributed by atoms with Gasteiger partial charge in [-0.3, -0.25) is 0 Å². The summed E-state index contributed by atoms with van der Waals surface area (Å²) in [5.74, 6) is 1.20. The fraction of sp³-hybridized carbons (Fsp3) is 0.615. The van der Waals surface area contributed by atoms with E-state index in [1.807, 2.05) is 6.20 Å². The summed E-state index contributed by atoms with van der Waals surface area (Å²) < 4.78 is 0. The Morgan fingerprint density at radius 1 is 1.50 bits per heavy atom. The maximum atomic E-state index is 6.04. The standard InChI is InChI=1S/C13H21N3/c1-9(2)13(5-4-6-16-13)11-7-10(3)8-15-12(11)14/h7-9,16H,4-6H2,1-3H3,(H2,14,15). The minimum atomic E-state index is 0.0309. The molecular formula is C13H21N3. The molecule has 2 rings (SSSR count). The van der Waals surface area contributed by atoms with Crippen molar-refractivity contribution in [3.63, 3.8) is 0 Å². The first-order valence-electron chi connectivity index (χ1n) is 6.04. The average Bonchev–Trinajstić information content (AvgIpc) is 2.71. The molecule has 0 bridgehead atoms. The number of nitrogens with zero attached hydrogens (tertiary/aromatic N) is 1. The number of rotatable bonds is 2. The van der Waals surface area contributed by atoms with Crippen LogP contribution in [0.3, 0.4) is 0 Å². The first kappa shape index (κ1) is 11.4. The summed E-state index contributed by atoms with van der Waals surface area (Å²) in [5, 5.41) is 3.63. The van der Waals surface area contributed by atoms with Gasteiger partial charge < -0.3 is 11.1 Å². The predicted molar refractivity (Wildman–Crippen MR) is 67.1 cm³/mol. The molecule has 3 N–H and O–H groups in total. The Kier molecular flexibility index (Phi) is 2.89. The van der Waals surface area contributed by atoms with Gasteiger partial charge in [0.15, 0.2) is 0 Å². The first-order valence-corrected chi connectivity index (χ1v) is 6.04. The average molecular weight is 219 g/mol. The van der Waals surface area contributed by atoms with Gasteiger partial charge in [-0.05, 0) is 43.9 Å². The van der Waals surface area contributed by atoms with E-state index < -0.39 is 0 Å². The molecule has 0 spiro atoms. The minimum absolute atomic E-state index is 0.0309. The topological polar surface area (TPSA) is 50.9 Å². The molecule has 1 aliphatic rings. The number of anilines is 1. The molecule has 2 heterocycles. The molecule has 3 heteroatoms. The van der Waals surface area contributed by atoms with Crippen molar-refractivity contribution in [1.29, 1.82) is 0 Å². The summed E-state index contributed by atoms with van der Waals surface area (Å²) in [4.78, 5) is 4.29. The molecule has 0 aromatic carbocycles. The van der Waals surface area contributed by atoms with Gasteiger partial charge in [-0.15, -0.1) is 0 Å². The van der Waals surface area contributed by atoms with Crippen molar-refractivity contribution in [2.45, 2.75) is 39.2 Å². The van der Waals surface area contributed by atoms with Gasteiger partial charge in [0.05, 0.1) is 0 Å². The molecule has 88 valence electrons. The summed E-state index contributed by atoms with van der Waals surface area (Å²) in [7, 11) is 0. The van der Waals surface area contributed by atoms with Crippen molar-refractivity contribution < 1.29 is 0 Å². The minimum Gasteiger partial charge on any atom is -0.383 e. The molecule has 0 saturated carbocycles. The number of aryl methyl sites for hydroxylation is 1. The number of hydrogen-bond donors (Lipinski definition) is 2. The van der Waals surface area contributed by atoms with Gasteiger partial charge in [0.25, 0.3) is 0 Å². The quantitative estimate of drug-likeness (QED) is 0.801. The predicted octanol–water partition coefficient (Wildman–Crippen LogP) is 2.21. The molecular weight excluding hydrogens is 198 g/mol. The monoisotopic (exact) mass is 219 g/mol. The molecule has 16 heavy (non-hydrogen) atoms. The van der Waals surface area contributed by atoms with Crippen molar-refractivity contribution in [2.75, 3.05) is 12.3 Å². The Labute approximate surface area is 97.5 Å². The van der Waals surface area contributed by atoms with E-state index in [1.54, 1.807) is 0 Å². The van der Waals surface area contributed by atoms with Gasteiger partial charge in [-0.1, -0.05) is 13.8 Å². The lowest BCUT2D eigenvalue weighted by atomic mass is 9.78. The van der Waals surface area contributed by atoms with Crippen molar-refractivity contribution in [3.8, 4) is 0 Å². The van der Waals surface area contributed by atoms with Crippen LogP contribution < -0.4 is 11.1 Å². The third-order valence-corrected chi connectivity index (χ3v) is 3.71. The SMILES string of the molecule is Cc1cnc(N)c(C2(C(C)C)CCCN2)c1. The number of nitrogen functional groups attached to an aromatic ring is 1. The Hall–Kier alpha value is -1.09. The summed E-state index contributed by atoms with van der Waals surface area (Å²) in [5.41, 5.74) is 8.43. The third-order valence-electron chi connectivity index (χ3n) is 3.71. The lowest BCUT2D eigenvalue weighted by molar-refractivity contribution is 0.277.